The number of hydrogen-bond acceptors (Lipinski definition) is 5. The molecular formula is C20H19Cl2N5O2S. The van der Waals surface area contributed by atoms with Crippen LogP contribution in [0.1, 0.15) is 12.5 Å². The molecule has 3 amide bonds. The number of halogens is 2. The summed E-state index contributed by atoms with van der Waals surface area (Å²) < 4.78 is 1.82. The van der Waals surface area contributed by atoms with Crippen LogP contribution in [0.5, 0.6) is 0 Å². The summed E-state index contributed by atoms with van der Waals surface area (Å²) >= 11 is 13.5. The van der Waals surface area contributed by atoms with E-state index in [-0.39, 0.29) is 0 Å². The Balaban J connectivity index is 2.03. The molecule has 0 radical (unpaired) electrons. The quantitative estimate of drug-likeness (QED) is 0.544. The molecule has 0 saturated heterocycles. The van der Waals surface area contributed by atoms with Crippen LogP contribution in [-0.2, 0) is 4.79 Å². The van der Waals surface area contributed by atoms with Gasteiger partial charge in [-0.3, -0.25) is 14.7 Å². The lowest BCUT2D eigenvalue weighted by Gasteiger charge is -2.14. The van der Waals surface area contributed by atoms with Crippen molar-refractivity contribution < 1.29 is 9.59 Å². The molecule has 3 rings (SSSR count). The fraction of sp³-hybridized carbons (Fsp3) is 0.200. The van der Waals surface area contributed by atoms with Gasteiger partial charge in [0.15, 0.2) is 11.0 Å². The first kappa shape index (κ1) is 22.1. The van der Waals surface area contributed by atoms with Crippen LogP contribution in [0.2, 0.25) is 10.0 Å². The molecule has 0 aliphatic rings. The van der Waals surface area contributed by atoms with E-state index in [2.05, 4.69) is 20.8 Å². The van der Waals surface area contributed by atoms with E-state index in [9.17, 15) is 9.59 Å². The van der Waals surface area contributed by atoms with E-state index >= 15 is 0 Å². The smallest absolute Gasteiger partial charge is 0.321 e. The summed E-state index contributed by atoms with van der Waals surface area (Å²) in [6.45, 7) is 3.60. The molecule has 0 fully saturated rings. The molecule has 2 N–H and O–H groups in total. The fourth-order valence-electron chi connectivity index (χ4n) is 2.57. The number of imide groups is 1. The van der Waals surface area contributed by atoms with Gasteiger partial charge in [0.2, 0.25) is 5.91 Å². The Labute approximate surface area is 188 Å². The first-order chi connectivity index (χ1) is 14.3. The molecule has 1 aromatic heterocycles. The van der Waals surface area contributed by atoms with E-state index in [0.717, 1.165) is 16.8 Å². The van der Waals surface area contributed by atoms with Crippen molar-refractivity contribution in [3.8, 4) is 17.1 Å². The predicted octanol–water partition coefficient (Wildman–Crippen LogP) is 4.49. The second-order valence-corrected chi connectivity index (χ2v) is 8.56. The molecule has 0 aliphatic carbocycles. The molecule has 0 saturated carbocycles. The highest BCUT2D eigenvalue weighted by Gasteiger charge is 2.23. The molecule has 0 spiro atoms. The number of carbonyl (C=O) groups is 2. The number of nitrogens with one attached hydrogen (secondary N) is 2. The highest BCUT2D eigenvalue weighted by molar-refractivity contribution is 8.00. The normalized spacial score (nSPS) is 11.8. The molecule has 1 atom stereocenters. The minimum Gasteiger partial charge on any atom is -0.341 e. The lowest BCUT2D eigenvalue weighted by molar-refractivity contribution is -0.119. The van der Waals surface area contributed by atoms with E-state index in [1.165, 1.54) is 18.8 Å². The minimum absolute atomic E-state index is 0.441. The molecule has 3 aromatic rings. The summed E-state index contributed by atoms with van der Waals surface area (Å²) in [5.41, 5.74) is 2.49. The summed E-state index contributed by atoms with van der Waals surface area (Å²) in [5.74, 6) is 0.136. The molecule has 7 nitrogen and oxygen atoms in total. The molecule has 30 heavy (non-hydrogen) atoms. The van der Waals surface area contributed by atoms with Crippen LogP contribution < -0.4 is 10.6 Å². The number of aromatic nitrogens is 3. The molecule has 156 valence electrons. The summed E-state index contributed by atoms with van der Waals surface area (Å²) in [5, 5.41) is 14.3. The highest BCUT2D eigenvalue weighted by atomic mass is 35.5. The van der Waals surface area contributed by atoms with Gasteiger partial charge < -0.3 is 5.32 Å². The number of rotatable bonds is 5. The Kier molecular flexibility index (Phi) is 7.02. The topological polar surface area (TPSA) is 88.9 Å². The Bertz CT molecular complexity index is 1090. The van der Waals surface area contributed by atoms with Gasteiger partial charge in [0, 0.05) is 22.7 Å². The maximum absolute atomic E-state index is 12.3. The van der Waals surface area contributed by atoms with E-state index in [0.29, 0.717) is 21.0 Å². The average molecular weight is 464 g/mol. The molecule has 1 unspecified atom stereocenters. The maximum Gasteiger partial charge on any atom is 0.321 e. The van der Waals surface area contributed by atoms with E-state index in [4.69, 9.17) is 23.2 Å². The minimum atomic E-state index is -0.593. The third kappa shape index (κ3) is 4.95. The third-order valence-electron chi connectivity index (χ3n) is 4.26. The monoisotopic (exact) mass is 463 g/mol. The molecule has 0 bridgehead atoms. The van der Waals surface area contributed by atoms with Crippen LogP contribution in [-0.4, -0.2) is 39.0 Å². The van der Waals surface area contributed by atoms with Gasteiger partial charge in [-0.05, 0) is 55.8 Å². The first-order valence-corrected chi connectivity index (χ1v) is 10.6. The lowest BCUT2D eigenvalue weighted by atomic mass is 10.2. The second-order valence-electron chi connectivity index (χ2n) is 6.41. The number of thioether (sulfide) groups is 1. The Hall–Kier alpha value is -2.55. The van der Waals surface area contributed by atoms with Gasteiger partial charge >= 0.3 is 6.03 Å². The zero-order chi connectivity index (χ0) is 21.8. The standard InChI is InChI=1S/C20H19Cl2N5O2S/c1-11-4-9-15(10-16(11)22)27-17(13-5-7-14(21)8-6-13)25-26-20(27)30-12(2)18(28)24-19(29)23-3/h4-10,12H,1-3H3,(H2,23,24,28,29). The second kappa shape index (κ2) is 9.51. The first-order valence-electron chi connectivity index (χ1n) is 8.97. The number of benzene rings is 2. The summed E-state index contributed by atoms with van der Waals surface area (Å²) in [4.78, 5) is 23.7. The van der Waals surface area contributed by atoms with E-state index in [1.807, 2.05) is 41.8 Å². The molecule has 10 heteroatoms. The maximum atomic E-state index is 12.3. The third-order valence-corrected chi connectivity index (χ3v) is 5.97. The zero-order valence-electron chi connectivity index (χ0n) is 16.4. The predicted molar refractivity (Wildman–Crippen MR) is 119 cm³/mol. The van der Waals surface area contributed by atoms with Crippen molar-refractivity contribution in [2.24, 2.45) is 0 Å². The van der Waals surface area contributed by atoms with Crippen molar-refractivity contribution in [3.63, 3.8) is 0 Å². The molecule has 2 aromatic carbocycles. The number of amides is 3. The van der Waals surface area contributed by atoms with Crippen molar-refractivity contribution in [1.82, 2.24) is 25.4 Å². The average Bonchev–Trinajstić information content (AvgIpc) is 3.13. The SMILES string of the molecule is CNC(=O)NC(=O)C(C)Sc1nnc(-c2ccc(Cl)cc2)n1-c1ccc(C)c(Cl)c1. The van der Waals surface area contributed by atoms with Gasteiger partial charge in [-0.25, -0.2) is 4.79 Å². The van der Waals surface area contributed by atoms with Gasteiger partial charge in [0.25, 0.3) is 0 Å². The lowest BCUT2D eigenvalue weighted by Crippen LogP contribution is -2.41. The number of hydrogen-bond donors (Lipinski definition) is 2. The molecule has 1 heterocycles. The fourth-order valence-corrected chi connectivity index (χ4v) is 3.74. The van der Waals surface area contributed by atoms with Crippen molar-refractivity contribution in [3.05, 3.63) is 58.1 Å². The van der Waals surface area contributed by atoms with Crippen LogP contribution in [0.4, 0.5) is 4.79 Å². The Morgan fingerprint density at radius 3 is 2.43 bits per heavy atom. The van der Waals surface area contributed by atoms with Crippen LogP contribution in [0.15, 0.2) is 47.6 Å². The van der Waals surface area contributed by atoms with E-state index in [1.54, 1.807) is 19.1 Å². The van der Waals surface area contributed by atoms with Gasteiger partial charge in [0.1, 0.15) is 0 Å². The summed E-state index contributed by atoms with van der Waals surface area (Å²) in [7, 11) is 1.44. The number of aryl methyl sites for hydroxylation is 1. The number of urea groups is 1. The van der Waals surface area contributed by atoms with Crippen LogP contribution in [0.25, 0.3) is 17.1 Å². The van der Waals surface area contributed by atoms with Gasteiger partial charge in [0.05, 0.1) is 10.9 Å². The van der Waals surface area contributed by atoms with Crippen LogP contribution in [0.3, 0.4) is 0 Å². The summed E-state index contributed by atoms with van der Waals surface area (Å²) in [6, 6.07) is 12.3. The van der Waals surface area contributed by atoms with Crippen molar-refractivity contribution in [1.29, 1.82) is 0 Å². The largest absolute Gasteiger partial charge is 0.341 e. The van der Waals surface area contributed by atoms with Crippen molar-refractivity contribution in [2.45, 2.75) is 24.3 Å². The Morgan fingerprint density at radius 2 is 1.80 bits per heavy atom. The van der Waals surface area contributed by atoms with Crippen molar-refractivity contribution >= 4 is 46.9 Å². The van der Waals surface area contributed by atoms with Gasteiger partial charge in [-0.2, -0.15) is 0 Å². The molecular weight excluding hydrogens is 445 g/mol. The Morgan fingerprint density at radius 1 is 1.10 bits per heavy atom. The van der Waals surface area contributed by atoms with Crippen LogP contribution in [0, 0.1) is 6.92 Å². The van der Waals surface area contributed by atoms with Gasteiger partial charge in [-0.1, -0.05) is 41.0 Å². The number of nitrogens with zero attached hydrogens (tertiary/aromatic N) is 3. The van der Waals surface area contributed by atoms with Crippen molar-refractivity contribution in [2.75, 3.05) is 7.05 Å². The number of carbonyl (C=O) groups excluding carboxylic acids is 2. The van der Waals surface area contributed by atoms with E-state index < -0.39 is 17.2 Å². The highest BCUT2D eigenvalue weighted by Crippen LogP contribution is 2.32. The molecule has 0 aliphatic heterocycles. The zero-order valence-corrected chi connectivity index (χ0v) is 18.8. The van der Waals surface area contributed by atoms with Gasteiger partial charge in [-0.15, -0.1) is 10.2 Å². The summed E-state index contributed by atoms with van der Waals surface area (Å²) in [6.07, 6.45) is 0. The van der Waals surface area contributed by atoms with Crippen LogP contribution >= 0.6 is 35.0 Å².